The normalized spacial score (nSPS) is 11.2. The predicted molar refractivity (Wildman–Crippen MR) is 168 cm³/mol. The summed E-state index contributed by atoms with van der Waals surface area (Å²) in [6.07, 6.45) is 24.4. The molecule has 0 amide bonds. The monoisotopic (exact) mass is 562 g/mol. The van der Waals surface area contributed by atoms with Gasteiger partial charge in [0.2, 0.25) is 5.75 Å². The molecule has 0 unspecified atom stereocenters. The number of carbonyl (C=O) groups is 1. The Morgan fingerprint density at radius 3 is 1.38 bits per heavy atom. The molecule has 1 aromatic carbocycles. The van der Waals surface area contributed by atoms with Gasteiger partial charge in [-0.3, -0.25) is 0 Å². The second-order valence-electron chi connectivity index (χ2n) is 11.6. The minimum absolute atomic E-state index is 0.0114. The summed E-state index contributed by atoms with van der Waals surface area (Å²) >= 11 is 0. The molecule has 0 aromatic heterocycles. The number of phenols is 1. The van der Waals surface area contributed by atoms with Gasteiger partial charge in [-0.2, -0.15) is 0 Å². The second-order valence-corrected chi connectivity index (χ2v) is 11.6. The van der Waals surface area contributed by atoms with Crippen LogP contribution in [0.25, 0.3) is 0 Å². The Morgan fingerprint density at radius 2 is 0.925 bits per heavy atom. The first kappa shape index (κ1) is 36.1. The lowest BCUT2D eigenvalue weighted by molar-refractivity contribution is 0.140. The van der Waals surface area contributed by atoms with Gasteiger partial charge in [0.1, 0.15) is 0 Å². The molecule has 0 spiro atoms. The van der Waals surface area contributed by atoms with Crippen LogP contribution in [0.4, 0.5) is 4.79 Å². The highest BCUT2D eigenvalue weighted by atomic mass is 16.7. The van der Waals surface area contributed by atoms with E-state index in [-0.39, 0.29) is 11.5 Å². The van der Waals surface area contributed by atoms with Crippen LogP contribution in [0.5, 0.6) is 17.2 Å². The van der Waals surface area contributed by atoms with Gasteiger partial charge < -0.3 is 19.7 Å². The average molecular weight is 563 g/mol. The first-order chi connectivity index (χ1) is 19.5. The van der Waals surface area contributed by atoms with E-state index in [0.717, 1.165) is 75.3 Å². The van der Waals surface area contributed by atoms with Crippen LogP contribution in [0, 0.1) is 0 Å². The van der Waals surface area contributed by atoms with Gasteiger partial charge in [0.25, 0.3) is 0 Å². The first-order valence-electron chi connectivity index (χ1n) is 16.9. The van der Waals surface area contributed by atoms with E-state index in [2.05, 4.69) is 27.7 Å². The zero-order valence-electron chi connectivity index (χ0n) is 26.6. The zero-order chi connectivity index (χ0) is 29.4. The maximum absolute atomic E-state index is 11.7. The van der Waals surface area contributed by atoms with Crippen molar-refractivity contribution in [2.45, 2.75) is 175 Å². The van der Waals surface area contributed by atoms with Gasteiger partial charge >= 0.3 is 6.16 Å². The Labute approximate surface area is 246 Å². The Morgan fingerprint density at radius 1 is 0.525 bits per heavy atom. The van der Waals surface area contributed by atoms with Gasteiger partial charge in [0.15, 0.2) is 11.5 Å². The number of benzene rings is 1. The van der Waals surface area contributed by atoms with Gasteiger partial charge in [0.05, 0.1) is 6.61 Å². The molecule has 0 atom stereocenters. The highest BCUT2D eigenvalue weighted by Gasteiger charge is 2.27. The molecule has 1 rings (SSSR count). The van der Waals surface area contributed by atoms with Crippen molar-refractivity contribution in [1.29, 1.82) is 0 Å². The number of aromatic hydroxyl groups is 1. The average Bonchev–Trinajstić information content (AvgIpc) is 2.94. The molecule has 0 heterocycles. The van der Waals surface area contributed by atoms with E-state index in [0.29, 0.717) is 12.4 Å². The molecule has 232 valence electrons. The molecule has 0 aliphatic carbocycles. The standard InChI is InChI=1S/C35H62O5/c1-5-9-13-16-19-22-25-29-30(26-23-20-17-14-10-6-2)32(36)34(40-35(37)38)33(39-28-12-8-4)31(29)27-24-21-18-15-11-7-3/h36H,5-28H2,1-4H3,(H,37,38). The van der Waals surface area contributed by atoms with E-state index in [9.17, 15) is 15.0 Å². The SMILES string of the molecule is CCCCCCCCc1c(O)c(OC(=O)O)c(OCCCC)c(CCCCCCCC)c1CCCCCCCC. The van der Waals surface area contributed by atoms with Crippen molar-refractivity contribution in [2.24, 2.45) is 0 Å². The van der Waals surface area contributed by atoms with Crippen molar-refractivity contribution >= 4 is 6.16 Å². The van der Waals surface area contributed by atoms with Crippen molar-refractivity contribution in [3.05, 3.63) is 16.7 Å². The van der Waals surface area contributed by atoms with Crippen molar-refractivity contribution in [3.8, 4) is 17.2 Å². The van der Waals surface area contributed by atoms with Gasteiger partial charge in [-0.1, -0.05) is 130 Å². The summed E-state index contributed by atoms with van der Waals surface area (Å²) in [4.78, 5) is 11.7. The van der Waals surface area contributed by atoms with Crippen molar-refractivity contribution in [1.82, 2.24) is 0 Å². The van der Waals surface area contributed by atoms with Crippen LogP contribution in [0.1, 0.15) is 173 Å². The van der Waals surface area contributed by atoms with Crippen molar-refractivity contribution < 1.29 is 24.5 Å². The third-order valence-corrected chi connectivity index (χ3v) is 7.98. The minimum Gasteiger partial charge on any atom is -0.504 e. The number of hydrogen-bond donors (Lipinski definition) is 2. The van der Waals surface area contributed by atoms with E-state index in [1.165, 1.54) is 89.0 Å². The van der Waals surface area contributed by atoms with Gasteiger partial charge in [-0.05, 0) is 50.5 Å². The Bertz CT molecular complexity index is 789. The second kappa shape index (κ2) is 23.8. The molecule has 0 saturated heterocycles. The van der Waals surface area contributed by atoms with Crippen molar-refractivity contribution in [3.63, 3.8) is 0 Å². The highest BCUT2D eigenvalue weighted by molar-refractivity contribution is 5.70. The molecule has 0 aliphatic heterocycles. The van der Waals surface area contributed by atoms with Gasteiger partial charge in [-0.25, -0.2) is 4.79 Å². The highest BCUT2D eigenvalue weighted by Crippen LogP contribution is 2.47. The molecule has 2 N–H and O–H groups in total. The van der Waals surface area contributed by atoms with E-state index < -0.39 is 6.16 Å². The van der Waals surface area contributed by atoms with E-state index >= 15 is 0 Å². The fraction of sp³-hybridized carbons (Fsp3) is 0.800. The topological polar surface area (TPSA) is 76.0 Å². The third-order valence-electron chi connectivity index (χ3n) is 7.98. The summed E-state index contributed by atoms with van der Waals surface area (Å²) in [6.45, 7) is 9.31. The van der Waals surface area contributed by atoms with Crippen LogP contribution in [-0.2, 0) is 19.3 Å². The Hall–Kier alpha value is -1.91. The molecule has 40 heavy (non-hydrogen) atoms. The molecule has 0 bridgehead atoms. The van der Waals surface area contributed by atoms with Crippen LogP contribution in [0.15, 0.2) is 0 Å². The van der Waals surface area contributed by atoms with E-state index in [1.54, 1.807) is 0 Å². The molecule has 0 fully saturated rings. The quantitative estimate of drug-likeness (QED) is 0.0667. The van der Waals surface area contributed by atoms with Crippen LogP contribution in [0.2, 0.25) is 0 Å². The summed E-state index contributed by atoms with van der Waals surface area (Å²) in [6, 6.07) is 0. The fourth-order valence-corrected chi connectivity index (χ4v) is 5.58. The Balaban J connectivity index is 3.38. The summed E-state index contributed by atoms with van der Waals surface area (Å²) in [5.74, 6) is 0.460. The third kappa shape index (κ3) is 14.6. The summed E-state index contributed by atoms with van der Waals surface area (Å²) in [5.41, 5.74) is 3.17. The predicted octanol–water partition coefficient (Wildman–Crippen LogP) is 11.3. The van der Waals surface area contributed by atoms with Crippen molar-refractivity contribution in [2.75, 3.05) is 6.61 Å². The van der Waals surface area contributed by atoms with Crippen LogP contribution in [-0.4, -0.2) is 23.0 Å². The van der Waals surface area contributed by atoms with Gasteiger partial charge in [0, 0.05) is 11.1 Å². The number of hydrogen-bond acceptors (Lipinski definition) is 4. The number of phenolic OH excluding ortho intramolecular Hbond substituents is 1. The number of unbranched alkanes of at least 4 members (excludes halogenated alkanes) is 16. The lowest BCUT2D eigenvalue weighted by Crippen LogP contribution is -2.12. The van der Waals surface area contributed by atoms with Crippen LogP contribution in [0.3, 0.4) is 0 Å². The smallest absolute Gasteiger partial charge is 0.504 e. The lowest BCUT2D eigenvalue weighted by atomic mass is 9.88. The molecule has 1 aromatic rings. The molecule has 0 aliphatic rings. The van der Waals surface area contributed by atoms with Crippen LogP contribution < -0.4 is 9.47 Å². The van der Waals surface area contributed by atoms with Gasteiger partial charge in [-0.15, -0.1) is 0 Å². The first-order valence-corrected chi connectivity index (χ1v) is 16.9. The summed E-state index contributed by atoms with van der Waals surface area (Å²) in [5, 5.41) is 21.1. The molecular formula is C35H62O5. The maximum atomic E-state index is 11.7. The Kier molecular flexibility index (Phi) is 21.5. The summed E-state index contributed by atoms with van der Waals surface area (Å²) in [7, 11) is 0. The number of carboxylic acid groups (broad SMARTS) is 1. The van der Waals surface area contributed by atoms with E-state index in [4.69, 9.17) is 9.47 Å². The molecule has 5 nitrogen and oxygen atoms in total. The number of rotatable bonds is 26. The van der Waals surface area contributed by atoms with Crippen LogP contribution >= 0.6 is 0 Å². The largest absolute Gasteiger partial charge is 0.511 e. The number of ether oxygens (including phenoxy) is 2. The fourth-order valence-electron chi connectivity index (χ4n) is 5.58. The summed E-state index contributed by atoms with van der Waals surface area (Å²) < 4.78 is 11.5. The lowest BCUT2D eigenvalue weighted by Gasteiger charge is -2.24. The maximum Gasteiger partial charge on any atom is 0.511 e. The molecular weight excluding hydrogens is 500 g/mol. The minimum atomic E-state index is -1.41. The molecule has 0 radical (unpaired) electrons. The molecule has 0 saturated carbocycles. The van der Waals surface area contributed by atoms with E-state index in [1.807, 2.05) is 0 Å². The molecule has 5 heteroatoms. The zero-order valence-corrected chi connectivity index (χ0v) is 26.6.